The Labute approximate surface area is 134 Å². The third-order valence-corrected chi connectivity index (χ3v) is 5.31. The minimum absolute atomic E-state index is 0.0342. The van der Waals surface area contributed by atoms with Gasteiger partial charge in [-0.25, -0.2) is 9.78 Å². The van der Waals surface area contributed by atoms with Crippen molar-refractivity contribution < 1.29 is 9.59 Å². The van der Waals surface area contributed by atoms with E-state index in [0.717, 1.165) is 36.5 Å². The molecule has 2 saturated heterocycles. The number of hydrogen-bond acceptors (Lipinski definition) is 4. The highest BCUT2D eigenvalue weighted by molar-refractivity contribution is 7.09. The lowest BCUT2D eigenvalue weighted by Crippen LogP contribution is -2.56. The lowest BCUT2D eigenvalue weighted by atomic mass is 9.94. The SMILES string of the molecule is Cc1nc([C@H]2CCCN2C(=O)N[C@H]2C(=O)NCC[C@H]2C)cs1. The predicted octanol–water partition coefficient (Wildman–Crippen LogP) is 1.82. The minimum Gasteiger partial charge on any atom is -0.354 e. The molecule has 2 aliphatic heterocycles. The van der Waals surface area contributed by atoms with Gasteiger partial charge in [-0.15, -0.1) is 11.3 Å². The van der Waals surface area contributed by atoms with Crippen molar-refractivity contribution >= 4 is 23.3 Å². The van der Waals surface area contributed by atoms with Crippen LogP contribution in [0.25, 0.3) is 0 Å². The Morgan fingerprint density at radius 3 is 3.00 bits per heavy atom. The number of carbonyl (C=O) groups excluding carboxylic acids is 2. The second-order valence-corrected chi connectivity index (χ2v) is 7.19. The predicted molar refractivity (Wildman–Crippen MR) is 84.6 cm³/mol. The van der Waals surface area contributed by atoms with E-state index in [0.29, 0.717) is 6.54 Å². The third-order valence-electron chi connectivity index (χ3n) is 4.52. The van der Waals surface area contributed by atoms with E-state index in [4.69, 9.17) is 0 Å². The average Bonchev–Trinajstić information content (AvgIpc) is 3.11. The monoisotopic (exact) mass is 322 g/mol. The highest BCUT2D eigenvalue weighted by Crippen LogP contribution is 2.32. The zero-order valence-electron chi connectivity index (χ0n) is 13.0. The van der Waals surface area contributed by atoms with Crippen LogP contribution in [0.4, 0.5) is 4.79 Å². The molecule has 0 aromatic carbocycles. The molecule has 7 heteroatoms. The number of piperidine rings is 1. The number of nitrogens with zero attached hydrogens (tertiary/aromatic N) is 2. The number of aryl methyl sites for hydroxylation is 1. The molecule has 0 aliphatic carbocycles. The fraction of sp³-hybridized carbons (Fsp3) is 0.667. The first-order chi connectivity index (χ1) is 10.6. The number of carbonyl (C=O) groups is 2. The Morgan fingerprint density at radius 2 is 2.32 bits per heavy atom. The number of nitrogens with one attached hydrogen (secondary N) is 2. The van der Waals surface area contributed by atoms with Crippen molar-refractivity contribution in [2.24, 2.45) is 5.92 Å². The molecule has 22 heavy (non-hydrogen) atoms. The molecular formula is C15H22N4O2S. The van der Waals surface area contributed by atoms with Crippen molar-refractivity contribution in [3.63, 3.8) is 0 Å². The van der Waals surface area contributed by atoms with Gasteiger partial charge in [-0.05, 0) is 32.1 Å². The molecule has 2 fully saturated rings. The van der Waals surface area contributed by atoms with Crippen molar-refractivity contribution in [1.82, 2.24) is 20.5 Å². The summed E-state index contributed by atoms with van der Waals surface area (Å²) in [4.78, 5) is 30.9. The summed E-state index contributed by atoms with van der Waals surface area (Å²) < 4.78 is 0. The third kappa shape index (κ3) is 2.95. The second kappa shape index (κ2) is 6.24. The molecule has 0 bridgehead atoms. The van der Waals surface area contributed by atoms with Crippen LogP contribution in [0.3, 0.4) is 0 Å². The molecule has 0 unspecified atom stereocenters. The maximum Gasteiger partial charge on any atom is 0.318 e. The number of aromatic nitrogens is 1. The normalized spacial score (nSPS) is 28.5. The van der Waals surface area contributed by atoms with E-state index in [1.165, 1.54) is 0 Å². The van der Waals surface area contributed by atoms with Gasteiger partial charge in [0.15, 0.2) is 0 Å². The van der Waals surface area contributed by atoms with Crippen LogP contribution in [-0.4, -0.2) is 41.0 Å². The number of hydrogen-bond donors (Lipinski definition) is 2. The molecule has 0 saturated carbocycles. The van der Waals surface area contributed by atoms with Gasteiger partial charge in [0.25, 0.3) is 0 Å². The maximum atomic E-state index is 12.6. The number of urea groups is 1. The van der Waals surface area contributed by atoms with Gasteiger partial charge in [0.05, 0.1) is 16.7 Å². The zero-order valence-corrected chi connectivity index (χ0v) is 13.8. The lowest BCUT2D eigenvalue weighted by molar-refractivity contribution is -0.125. The summed E-state index contributed by atoms with van der Waals surface area (Å²) in [7, 11) is 0. The van der Waals surface area contributed by atoms with Gasteiger partial charge in [-0.1, -0.05) is 6.92 Å². The van der Waals surface area contributed by atoms with E-state index in [2.05, 4.69) is 15.6 Å². The van der Waals surface area contributed by atoms with Crippen LogP contribution in [0.1, 0.15) is 42.9 Å². The van der Waals surface area contributed by atoms with E-state index < -0.39 is 6.04 Å². The molecule has 1 aromatic heterocycles. The summed E-state index contributed by atoms with van der Waals surface area (Å²) in [5.41, 5.74) is 0.969. The highest BCUT2D eigenvalue weighted by atomic mass is 32.1. The van der Waals surface area contributed by atoms with Crippen molar-refractivity contribution in [3.05, 3.63) is 16.1 Å². The van der Waals surface area contributed by atoms with Crippen LogP contribution in [0.15, 0.2) is 5.38 Å². The second-order valence-electron chi connectivity index (χ2n) is 6.13. The molecule has 0 spiro atoms. The Bertz CT molecular complexity index is 574. The van der Waals surface area contributed by atoms with E-state index in [9.17, 15) is 9.59 Å². The minimum atomic E-state index is -0.431. The molecule has 0 radical (unpaired) electrons. The van der Waals surface area contributed by atoms with Gasteiger partial charge in [-0.3, -0.25) is 4.79 Å². The lowest BCUT2D eigenvalue weighted by Gasteiger charge is -2.32. The van der Waals surface area contributed by atoms with E-state index >= 15 is 0 Å². The van der Waals surface area contributed by atoms with Gasteiger partial charge in [-0.2, -0.15) is 0 Å². The Balaban J connectivity index is 1.69. The summed E-state index contributed by atoms with van der Waals surface area (Å²) in [5, 5.41) is 8.78. The summed E-state index contributed by atoms with van der Waals surface area (Å²) >= 11 is 1.61. The smallest absolute Gasteiger partial charge is 0.318 e. The first-order valence-electron chi connectivity index (χ1n) is 7.83. The summed E-state index contributed by atoms with van der Waals surface area (Å²) in [6.45, 7) is 5.39. The van der Waals surface area contributed by atoms with E-state index in [1.54, 1.807) is 11.3 Å². The van der Waals surface area contributed by atoms with Crippen LogP contribution in [0.5, 0.6) is 0 Å². The Morgan fingerprint density at radius 1 is 1.50 bits per heavy atom. The summed E-state index contributed by atoms with van der Waals surface area (Å²) in [6, 6.07) is -0.548. The molecule has 3 rings (SSSR count). The molecule has 2 N–H and O–H groups in total. The van der Waals surface area contributed by atoms with Crippen molar-refractivity contribution in [1.29, 1.82) is 0 Å². The quantitative estimate of drug-likeness (QED) is 0.872. The maximum absolute atomic E-state index is 12.6. The van der Waals surface area contributed by atoms with Crippen LogP contribution in [0.2, 0.25) is 0 Å². The Hall–Kier alpha value is -1.63. The highest BCUT2D eigenvalue weighted by Gasteiger charge is 2.36. The van der Waals surface area contributed by atoms with Crippen LogP contribution < -0.4 is 10.6 Å². The van der Waals surface area contributed by atoms with Gasteiger partial charge >= 0.3 is 6.03 Å². The van der Waals surface area contributed by atoms with Crippen molar-refractivity contribution in [3.8, 4) is 0 Å². The fourth-order valence-electron chi connectivity index (χ4n) is 3.23. The first-order valence-corrected chi connectivity index (χ1v) is 8.71. The topological polar surface area (TPSA) is 74.3 Å². The average molecular weight is 322 g/mol. The van der Waals surface area contributed by atoms with E-state index in [-0.39, 0.29) is 23.9 Å². The Kier molecular flexibility index (Phi) is 4.33. The van der Waals surface area contributed by atoms with Crippen LogP contribution in [0, 0.1) is 12.8 Å². The van der Waals surface area contributed by atoms with Crippen LogP contribution in [-0.2, 0) is 4.79 Å². The summed E-state index contributed by atoms with van der Waals surface area (Å²) in [5.74, 6) is 0.0904. The van der Waals surface area contributed by atoms with Gasteiger partial charge in [0.1, 0.15) is 6.04 Å². The molecule has 1 aromatic rings. The number of rotatable bonds is 2. The summed E-state index contributed by atoms with van der Waals surface area (Å²) in [6.07, 6.45) is 2.80. The van der Waals surface area contributed by atoms with Gasteiger partial charge in [0, 0.05) is 18.5 Å². The number of likely N-dealkylation sites (tertiary alicyclic amines) is 1. The van der Waals surface area contributed by atoms with Crippen LogP contribution >= 0.6 is 11.3 Å². The fourth-order valence-corrected chi connectivity index (χ4v) is 3.89. The van der Waals surface area contributed by atoms with E-state index in [1.807, 2.05) is 24.1 Å². The molecular weight excluding hydrogens is 300 g/mol. The zero-order chi connectivity index (χ0) is 15.7. The number of amides is 3. The molecule has 3 atom stereocenters. The molecule has 3 amide bonds. The molecule has 2 aliphatic rings. The number of thiazole rings is 1. The largest absolute Gasteiger partial charge is 0.354 e. The van der Waals surface area contributed by atoms with Crippen molar-refractivity contribution in [2.75, 3.05) is 13.1 Å². The molecule has 6 nitrogen and oxygen atoms in total. The molecule has 3 heterocycles. The van der Waals surface area contributed by atoms with Crippen molar-refractivity contribution in [2.45, 2.75) is 45.2 Å². The molecule has 120 valence electrons. The standard InChI is InChI=1S/C15H22N4O2S/c1-9-5-6-16-14(20)13(9)18-15(21)19-7-3-4-12(19)11-8-22-10(2)17-11/h8-9,12-13H,3-7H2,1-2H3,(H,16,20)(H,18,21)/t9-,12-,13-/m1/s1. The van der Waals surface area contributed by atoms with Gasteiger partial charge in [0.2, 0.25) is 5.91 Å². The van der Waals surface area contributed by atoms with Gasteiger partial charge < -0.3 is 15.5 Å². The first kappa shape index (κ1) is 15.3.